The molecule has 0 amide bonds. The Bertz CT molecular complexity index is 914. The van der Waals surface area contributed by atoms with Crippen molar-refractivity contribution in [2.24, 2.45) is 0 Å². The van der Waals surface area contributed by atoms with Crippen LogP contribution in [0.3, 0.4) is 0 Å². The fourth-order valence-electron chi connectivity index (χ4n) is 2.22. The minimum Gasteiger partial charge on any atom is -0.361 e. The van der Waals surface area contributed by atoms with E-state index in [0.29, 0.717) is 11.1 Å². The smallest absolute Gasteiger partial charge is 0.185 e. The molecule has 0 aliphatic rings. The summed E-state index contributed by atoms with van der Waals surface area (Å²) in [6.45, 7) is 0. The van der Waals surface area contributed by atoms with Gasteiger partial charge in [0.2, 0.25) is 0 Å². The number of halogens is 1. The van der Waals surface area contributed by atoms with Gasteiger partial charge in [-0.05, 0) is 60.2 Å². The third-order valence-electron chi connectivity index (χ3n) is 3.39. The Hall–Kier alpha value is -2.64. The van der Waals surface area contributed by atoms with Crippen LogP contribution in [0.4, 0.5) is 0 Å². The van der Waals surface area contributed by atoms with E-state index < -0.39 is 0 Å². The van der Waals surface area contributed by atoms with E-state index >= 15 is 0 Å². The summed E-state index contributed by atoms with van der Waals surface area (Å²) in [5, 5.41) is 9.82. The zero-order chi connectivity index (χ0) is 15.5. The zero-order valence-corrected chi connectivity index (χ0v) is 13.1. The summed E-state index contributed by atoms with van der Waals surface area (Å²) >= 11 is 3.45. The molecule has 0 aliphatic carbocycles. The van der Waals surface area contributed by atoms with Crippen molar-refractivity contribution in [3.8, 4) is 6.07 Å². The topological polar surface area (TPSA) is 56.6 Å². The van der Waals surface area contributed by atoms with Gasteiger partial charge < -0.3 is 4.98 Å². The van der Waals surface area contributed by atoms with Crippen LogP contribution in [0.15, 0.2) is 59.2 Å². The number of H-pyrrole nitrogens is 1. The van der Waals surface area contributed by atoms with Crippen LogP contribution in [0.5, 0.6) is 0 Å². The molecule has 3 nitrogen and oxygen atoms in total. The fourth-order valence-corrected chi connectivity index (χ4v) is 2.58. The molecule has 3 aromatic rings. The number of fused-ring (bicyclic) bond motifs is 1. The second-order valence-electron chi connectivity index (χ2n) is 4.82. The number of aromatic nitrogens is 1. The normalized spacial score (nSPS) is 10.9. The number of benzene rings is 2. The first-order chi connectivity index (χ1) is 10.7. The minimum absolute atomic E-state index is 0.0890. The summed E-state index contributed by atoms with van der Waals surface area (Å²) in [6, 6.07) is 14.6. The molecule has 1 N–H and O–H groups in total. The number of carbonyl (C=O) groups excluding carboxylic acids is 1. The maximum absolute atomic E-state index is 12.2. The average Bonchev–Trinajstić information content (AvgIpc) is 2.95. The maximum atomic E-state index is 12.2. The highest BCUT2D eigenvalue weighted by atomic mass is 79.9. The van der Waals surface area contributed by atoms with Gasteiger partial charge in [0.05, 0.1) is 11.6 Å². The molecule has 106 valence electrons. The number of ketones is 1. The number of hydrogen-bond acceptors (Lipinski definition) is 2. The highest BCUT2D eigenvalue weighted by Gasteiger charge is 2.04. The number of carbonyl (C=O) groups is 1. The third-order valence-corrected chi connectivity index (χ3v) is 3.88. The van der Waals surface area contributed by atoms with Gasteiger partial charge in [-0.25, -0.2) is 0 Å². The molecule has 3 rings (SSSR count). The minimum atomic E-state index is -0.0890. The molecule has 0 atom stereocenters. The Labute approximate surface area is 136 Å². The van der Waals surface area contributed by atoms with Crippen LogP contribution >= 0.6 is 15.9 Å². The molecule has 0 spiro atoms. The summed E-state index contributed by atoms with van der Waals surface area (Å²) in [4.78, 5) is 15.3. The zero-order valence-electron chi connectivity index (χ0n) is 11.5. The van der Waals surface area contributed by atoms with Gasteiger partial charge in [-0.1, -0.05) is 15.9 Å². The molecule has 0 saturated carbocycles. The Balaban J connectivity index is 1.87. The first kappa shape index (κ1) is 14.3. The van der Waals surface area contributed by atoms with Gasteiger partial charge in [0, 0.05) is 27.1 Å². The van der Waals surface area contributed by atoms with Crippen molar-refractivity contribution in [2.45, 2.75) is 0 Å². The Morgan fingerprint density at radius 1 is 1.18 bits per heavy atom. The second-order valence-corrected chi connectivity index (χ2v) is 5.74. The van der Waals surface area contributed by atoms with Crippen LogP contribution in [0.2, 0.25) is 0 Å². The molecule has 0 radical (unpaired) electrons. The lowest BCUT2D eigenvalue weighted by Gasteiger charge is -1.96. The van der Waals surface area contributed by atoms with Crippen LogP contribution < -0.4 is 0 Å². The first-order valence-electron chi connectivity index (χ1n) is 6.66. The van der Waals surface area contributed by atoms with Crippen molar-refractivity contribution in [2.75, 3.05) is 0 Å². The molecule has 0 bridgehead atoms. The average molecular weight is 351 g/mol. The van der Waals surface area contributed by atoms with Gasteiger partial charge in [0.25, 0.3) is 0 Å². The lowest BCUT2D eigenvalue weighted by molar-refractivity contribution is 0.104. The molecule has 0 unspecified atom stereocenters. The molecule has 1 aromatic heterocycles. The monoisotopic (exact) mass is 350 g/mol. The van der Waals surface area contributed by atoms with Crippen LogP contribution in [0.25, 0.3) is 17.0 Å². The van der Waals surface area contributed by atoms with Crippen molar-refractivity contribution in [1.82, 2.24) is 4.98 Å². The van der Waals surface area contributed by atoms with E-state index in [2.05, 4.69) is 20.9 Å². The van der Waals surface area contributed by atoms with Crippen LogP contribution in [-0.2, 0) is 0 Å². The molecule has 1 heterocycles. The van der Waals surface area contributed by atoms with E-state index in [9.17, 15) is 4.79 Å². The summed E-state index contributed by atoms with van der Waals surface area (Å²) in [5.41, 5.74) is 3.09. The molecule has 22 heavy (non-hydrogen) atoms. The molecule has 2 aromatic carbocycles. The largest absolute Gasteiger partial charge is 0.361 e. The van der Waals surface area contributed by atoms with Crippen LogP contribution in [-0.4, -0.2) is 10.8 Å². The molecule has 0 aliphatic heterocycles. The molecule has 0 fully saturated rings. The van der Waals surface area contributed by atoms with Gasteiger partial charge in [-0.15, -0.1) is 0 Å². The number of nitriles is 1. The predicted molar refractivity (Wildman–Crippen MR) is 90.5 cm³/mol. The number of rotatable bonds is 3. The van der Waals surface area contributed by atoms with Crippen molar-refractivity contribution < 1.29 is 4.79 Å². The van der Waals surface area contributed by atoms with Gasteiger partial charge >= 0.3 is 0 Å². The molecular formula is C18H11BrN2O. The van der Waals surface area contributed by atoms with E-state index in [-0.39, 0.29) is 5.78 Å². The number of nitrogens with one attached hydrogen (secondary N) is 1. The van der Waals surface area contributed by atoms with E-state index in [1.54, 1.807) is 36.4 Å². The lowest BCUT2D eigenvalue weighted by atomic mass is 10.1. The number of nitrogens with zero attached hydrogens (tertiary/aromatic N) is 1. The standard InChI is InChI=1S/C18H11BrN2O/c19-15-6-7-17-16(9-15)14(11-21-17)5-8-18(22)13-3-1-12(10-20)2-4-13/h1-9,11,21H/b8-5+. The van der Waals surface area contributed by atoms with E-state index in [0.717, 1.165) is 20.9 Å². The quantitative estimate of drug-likeness (QED) is 0.549. The number of allylic oxidation sites excluding steroid dienone is 1. The Morgan fingerprint density at radius 2 is 1.95 bits per heavy atom. The summed E-state index contributed by atoms with van der Waals surface area (Å²) in [5.74, 6) is -0.0890. The van der Waals surface area contributed by atoms with E-state index in [4.69, 9.17) is 5.26 Å². The van der Waals surface area contributed by atoms with Crippen molar-refractivity contribution >= 4 is 38.7 Å². The molecular weight excluding hydrogens is 340 g/mol. The number of hydrogen-bond donors (Lipinski definition) is 1. The van der Waals surface area contributed by atoms with Crippen LogP contribution in [0.1, 0.15) is 21.5 Å². The molecule has 0 saturated heterocycles. The van der Waals surface area contributed by atoms with E-state index in [1.165, 1.54) is 0 Å². The van der Waals surface area contributed by atoms with E-state index in [1.807, 2.05) is 30.5 Å². The maximum Gasteiger partial charge on any atom is 0.185 e. The molecule has 4 heteroatoms. The van der Waals surface area contributed by atoms with Gasteiger partial charge in [0.15, 0.2) is 5.78 Å². The van der Waals surface area contributed by atoms with Crippen molar-refractivity contribution in [3.05, 3.63) is 75.9 Å². The van der Waals surface area contributed by atoms with Gasteiger partial charge in [-0.2, -0.15) is 5.26 Å². The summed E-state index contributed by atoms with van der Waals surface area (Å²) < 4.78 is 0.993. The highest BCUT2D eigenvalue weighted by molar-refractivity contribution is 9.10. The third kappa shape index (κ3) is 2.85. The Morgan fingerprint density at radius 3 is 2.68 bits per heavy atom. The van der Waals surface area contributed by atoms with Crippen molar-refractivity contribution in [3.63, 3.8) is 0 Å². The van der Waals surface area contributed by atoms with Crippen molar-refractivity contribution in [1.29, 1.82) is 5.26 Å². The Kier molecular flexibility index (Phi) is 3.90. The van der Waals surface area contributed by atoms with Gasteiger partial charge in [-0.3, -0.25) is 4.79 Å². The summed E-state index contributed by atoms with van der Waals surface area (Å²) in [7, 11) is 0. The highest BCUT2D eigenvalue weighted by Crippen LogP contribution is 2.23. The predicted octanol–water partition coefficient (Wildman–Crippen LogP) is 4.70. The second kappa shape index (κ2) is 6.00. The summed E-state index contributed by atoms with van der Waals surface area (Å²) in [6.07, 6.45) is 5.22. The fraction of sp³-hybridized carbons (Fsp3) is 0. The first-order valence-corrected chi connectivity index (χ1v) is 7.46. The number of aromatic amines is 1. The lowest BCUT2D eigenvalue weighted by Crippen LogP contribution is -1.93. The van der Waals surface area contributed by atoms with Gasteiger partial charge in [0.1, 0.15) is 0 Å². The van der Waals surface area contributed by atoms with Crippen LogP contribution in [0, 0.1) is 11.3 Å². The SMILES string of the molecule is N#Cc1ccc(C(=O)/C=C/c2c[nH]c3ccc(Br)cc23)cc1.